The van der Waals surface area contributed by atoms with Crippen molar-refractivity contribution in [3.05, 3.63) is 428 Å². The van der Waals surface area contributed by atoms with Gasteiger partial charge in [0.25, 0.3) is 5.95 Å². The SMILES string of the molecule is BrBr.Brc1ccc(Br)c2n[nH]nc12.c1ccc(N(c2ccccc2)c2ccc(-c3ccc(-c4ccc(N(c5ccccc5)c5ccccc5)cc4)c4n[nH]nc34)cc2)cc1.c1ccc(N(c2ccccc2)c2ccc(-c3ccc(-c4ccc(N(c5ccccc5)c5ccccc5)cc4)c4nn(-c5ncccn5)nc34)cc2)cc1.c1ccc2n[nH]nc2c1. The van der Waals surface area contributed by atoms with Crippen LogP contribution in [0.1, 0.15) is 0 Å². The number of hydrogen-bond acceptors (Lipinski definition) is 14. The second-order valence-electron chi connectivity index (χ2n) is 27.7. The highest BCUT2D eigenvalue weighted by Crippen LogP contribution is 2.44. The van der Waals surface area contributed by atoms with Crippen molar-refractivity contribution in [1.82, 2.24) is 71.2 Å². The Morgan fingerprint density at radius 3 is 0.672 bits per heavy atom. The predicted octanol–water partition coefficient (Wildman–Crippen LogP) is 27.8. The molecule has 0 spiro atoms. The number of aromatic amines is 3. The molecular formula is C100H72Br4N18. The first-order valence-corrected chi connectivity index (χ1v) is 44.3. The van der Waals surface area contributed by atoms with E-state index in [2.05, 4.69) is 451 Å². The molecule has 16 aromatic carbocycles. The molecule has 18 nitrogen and oxygen atoms in total. The zero-order valence-corrected chi connectivity index (χ0v) is 71.4. The van der Waals surface area contributed by atoms with Crippen LogP contribution in [-0.4, -0.2) is 71.2 Å². The highest BCUT2D eigenvalue weighted by Gasteiger charge is 2.22. The van der Waals surface area contributed by atoms with Crippen molar-refractivity contribution < 1.29 is 0 Å². The van der Waals surface area contributed by atoms with Crippen molar-refractivity contribution in [3.8, 4) is 50.5 Å². The van der Waals surface area contributed by atoms with Crippen LogP contribution in [-0.2, 0) is 0 Å². The van der Waals surface area contributed by atoms with E-state index in [9.17, 15) is 0 Å². The van der Waals surface area contributed by atoms with Crippen LogP contribution in [0, 0.1) is 0 Å². The predicted molar refractivity (Wildman–Crippen MR) is 510 cm³/mol. The summed E-state index contributed by atoms with van der Waals surface area (Å²) in [5.74, 6) is 0.411. The summed E-state index contributed by atoms with van der Waals surface area (Å²) in [5.41, 5.74) is 28.0. The molecular weight excluding hydrogens is 1770 g/mol. The number of H-pyrrole nitrogens is 3. The fraction of sp³-hybridized carbons (Fsp3) is 0. The van der Waals surface area contributed by atoms with Gasteiger partial charge in [0.1, 0.15) is 44.1 Å². The van der Waals surface area contributed by atoms with E-state index < -0.39 is 0 Å². The van der Waals surface area contributed by atoms with Crippen LogP contribution < -0.4 is 19.6 Å². The number of rotatable bonds is 17. The quantitative estimate of drug-likeness (QED) is 0.0779. The van der Waals surface area contributed by atoms with Crippen LogP contribution in [0.15, 0.2) is 428 Å². The molecule has 21 rings (SSSR count). The molecule has 0 radical (unpaired) electrons. The molecule has 0 fully saturated rings. The highest BCUT2D eigenvalue weighted by atomic mass is 80.9. The third kappa shape index (κ3) is 17.9. The van der Waals surface area contributed by atoms with Gasteiger partial charge in [0, 0.05) is 140 Å². The molecule has 0 bridgehead atoms. The summed E-state index contributed by atoms with van der Waals surface area (Å²) in [6.07, 6.45) is 3.40. The first-order chi connectivity index (χ1) is 60.4. The van der Waals surface area contributed by atoms with Gasteiger partial charge in [-0.25, -0.2) is 9.97 Å². The van der Waals surface area contributed by atoms with E-state index in [4.69, 9.17) is 10.2 Å². The van der Waals surface area contributed by atoms with Crippen LogP contribution in [0.4, 0.5) is 68.2 Å². The summed E-state index contributed by atoms with van der Waals surface area (Å²) in [7, 11) is 0. The van der Waals surface area contributed by atoms with Crippen molar-refractivity contribution in [3.63, 3.8) is 0 Å². The number of nitrogens with zero attached hydrogens (tertiary/aromatic N) is 15. The van der Waals surface area contributed by atoms with Crippen LogP contribution in [0.2, 0.25) is 0 Å². The lowest BCUT2D eigenvalue weighted by Crippen LogP contribution is -2.09. The first-order valence-electron chi connectivity index (χ1n) is 39.0. The maximum Gasteiger partial charge on any atom is 0.268 e. The van der Waals surface area contributed by atoms with Gasteiger partial charge >= 0.3 is 0 Å². The van der Waals surface area contributed by atoms with Crippen molar-refractivity contribution in [1.29, 1.82) is 0 Å². The molecule has 21 aromatic rings. The Labute approximate surface area is 735 Å². The Morgan fingerprint density at radius 2 is 0.418 bits per heavy atom. The molecule has 0 saturated heterocycles. The van der Waals surface area contributed by atoms with Crippen molar-refractivity contribution in [2.45, 2.75) is 0 Å². The summed E-state index contributed by atoms with van der Waals surface area (Å²) in [6, 6.07) is 140. The molecule has 0 unspecified atom stereocenters. The van der Waals surface area contributed by atoms with E-state index >= 15 is 0 Å². The Balaban J connectivity index is 0.000000139. The lowest BCUT2D eigenvalue weighted by Gasteiger charge is -2.25. The highest BCUT2D eigenvalue weighted by molar-refractivity contribution is 9.93. The van der Waals surface area contributed by atoms with Gasteiger partial charge < -0.3 is 19.6 Å². The van der Waals surface area contributed by atoms with E-state index in [1.807, 2.05) is 84.9 Å². The molecule has 0 aliphatic carbocycles. The van der Waals surface area contributed by atoms with Crippen molar-refractivity contribution >= 4 is 172 Å². The average molecular weight is 1850 g/mol. The second kappa shape index (κ2) is 38.4. The van der Waals surface area contributed by atoms with E-state index in [0.29, 0.717) is 5.95 Å². The number of nitrogens with one attached hydrogen (secondary N) is 3. The first kappa shape index (κ1) is 79.8. The lowest BCUT2D eigenvalue weighted by atomic mass is 9.97. The molecule has 0 amide bonds. The number of para-hydroxylation sites is 10. The van der Waals surface area contributed by atoms with E-state index in [1.165, 1.54) is 4.80 Å². The van der Waals surface area contributed by atoms with Crippen LogP contribution >= 0.6 is 60.1 Å². The fourth-order valence-corrected chi connectivity index (χ4v) is 15.4. The molecule has 22 heteroatoms. The number of halogens is 4. The monoisotopic (exact) mass is 1840 g/mol. The number of benzene rings is 16. The Kier molecular flexibility index (Phi) is 25.1. The van der Waals surface area contributed by atoms with Crippen molar-refractivity contribution in [2.75, 3.05) is 19.6 Å². The topological polar surface area (TPSA) is 194 Å². The molecule has 5 heterocycles. The van der Waals surface area contributed by atoms with Crippen molar-refractivity contribution in [2.24, 2.45) is 0 Å². The Morgan fingerprint density at radius 1 is 0.205 bits per heavy atom. The van der Waals surface area contributed by atoms with E-state index in [1.54, 1.807) is 18.5 Å². The summed E-state index contributed by atoms with van der Waals surface area (Å²) in [6.45, 7) is 0. The molecule has 0 aliphatic rings. The van der Waals surface area contributed by atoms with Gasteiger partial charge in [-0.2, -0.15) is 46.2 Å². The minimum atomic E-state index is 0.411. The summed E-state index contributed by atoms with van der Waals surface area (Å²) < 4.78 is 1.90. The molecule has 3 N–H and O–H groups in total. The minimum absolute atomic E-state index is 0.411. The van der Waals surface area contributed by atoms with Gasteiger partial charge in [0.15, 0.2) is 0 Å². The molecule has 5 aromatic heterocycles. The third-order valence-electron chi connectivity index (χ3n) is 20.2. The maximum atomic E-state index is 4.99. The van der Waals surface area contributed by atoms with Gasteiger partial charge in [-0.1, -0.05) is 231 Å². The number of fused-ring (bicyclic) bond motifs is 4. The number of hydrogen-bond donors (Lipinski definition) is 3. The van der Waals surface area contributed by atoms with Gasteiger partial charge in [-0.05, 0) is 230 Å². The van der Waals surface area contributed by atoms with Crippen LogP contribution in [0.3, 0.4) is 0 Å². The standard InChI is InChI=1S/C46H33N7.C42H31N5.C6H3Br2N3.C6H5N3.Br2/c1-5-14-36(15-6-1)51(37-16-7-2-8-17-37)40-26-22-34(23-27-40)42-30-31-43(45-44(42)49-53(50-45)46-47-32-13-33-48-46)35-24-28-41(29-25-35)52(38-18-9-3-10-19-38)39-20-11-4-12-21-39;1-5-13-33(14-6-1)46(34-15-7-2-8-16-34)37-25-21-31(22-26-37)39-29-30-40(42-41(39)43-45-44-42)32-23-27-38(28-24-32)47(35-17-9-3-10-18-35)36-19-11-4-12-20-36;7-3-1-2-4(8)6-5(3)9-11-10-6;1-2-4-6-5(3-1)7-9-8-6;1-2/h1-33H;1-30H,(H,43,44,45);1-2H,(H,9,10,11);1-4H,(H,7,8,9);. The molecule has 0 saturated carbocycles. The largest absolute Gasteiger partial charge is 0.311 e. The minimum Gasteiger partial charge on any atom is -0.311 e. The maximum absolute atomic E-state index is 4.99. The van der Waals surface area contributed by atoms with Gasteiger partial charge in [-0.3, -0.25) is 0 Å². The average Bonchev–Trinajstić information content (AvgIpc) is 1.60. The lowest BCUT2D eigenvalue weighted by molar-refractivity contribution is 0.714. The van der Waals surface area contributed by atoms with Gasteiger partial charge in [-0.15, -0.1) is 15.0 Å². The van der Waals surface area contributed by atoms with Gasteiger partial charge in [0.2, 0.25) is 0 Å². The fourth-order valence-electron chi connectivity index (χ4n) is 14.6. The molecule has 590 valence electrons. The van der Waals surface area contributed by atoms with Crippen LogP contribution in [0.5, 0.6) is 0 Å². The normalized spacial score (nSPS) is 10.8. The summed E-state index contributed by atoms with van der Waals surface area (Å²) in [4.78, 5) is 19.4. The molecule has 0 aliphatic heterocycles. The Hall–Kier alpha value is -14.7. The zero-order valence-electron chi connectivity index (χ0n) is 65.1. The van der Waals surface area contributed by atoms with E-state index in [0.717, 1.165) is 166 Å². The second-order valence-corrected chi connectivity index (χ2v) is 29.4. The smallest absolute Gasteiger partial charge is 0.268 e. The molecule has 122 heavy (non-hydrogen) atoms. The van der Waals surface area contributed by atoms with E-state index in [-0.39, 0.29) is 0 Å². The summed E-state index contributed by atoms with van der Waals surface area (Å²) in [5, 5.41) is 42.9. The number of aromatic nitrogens is 14. The Bertz CT molecular complexity index is 6370. The summed E-state index contributed by atoms with van der Waals surface area (Å²) >= 11 is 12.2. The van der Waals surface area contributed by atoms with Gasteiger partial charge in [0.05, 0.1) is 0 Å². The van der Waals surface area contributed by atoms with Crippen LogP contribution in [0.25, 0.3) is 94.6 Å². The molecule has 0 atom stereocenters. The number of anilines is 12. The third-order valence-corrected chi connectivity index (χ3v) is 21.5. The zero-order chi connectivity index (χ0) is 82.8.